The molecule has 6 atom stereocenters. The van der Waals surface area contributed by atoms with E-state index < -0.39 is 55.7 Å². The second-order valence-electron chi connectivity index (χ2n) is 45.7. The summed E-state index contributed by atoms with van der Waals surface area (Å²) >= 11 is 0. The predicted molar refractivity (Wildman–Crippen MR) is 519 cm³/mol. The highest BCUT2D eigenvalue weighted by molar-refractivity contribution is 5.25. The Labute approximate surface area is 755 Å². The van der Waals surface area contributed by atoms with E-state index >= 15 is 0 Å². The average Bonchev–Trinajstić information content (AvgIpc) is 0.768. The van der Waals surface area contributed by atoms with Crippen LogP contribution in [-0.2, 0) is 42.6 Å². The van der Waals surface area contributed by atoms with Gasteiger partial charge in [-0.05, 0) is 313 Å². The Morgan fingerprint density at radius 2 is 0.472 bits per heavy atom. The van der Waals surface area contributed by atoms with Gasteiger partial charge in [-0.2, -0.15) is 0 Å². The molecule has 123 heavy (non-hydrogen) atoms. The first-order chi connectivity index (χ1) is 56.6. The molecule has 0 heterocycles. The van der Waals surface area contributed by atoms with E-state index in [0.717, 1.165) is 53.5 Å². The van der Waals surface area contributed by atoms with Gasteiger partial charge in [-0.15, -0.1) is 0 Å². The normalized spacial score (nSPS) is 15.7. The third-order valence-electron chi connectivity index (χ3n) is 29.4. The van der Waals surface area contributed by atoms with Gasteiger partial charge in [0.15, 0.2) is 0 Å². The van der Waals surface area contributed by atoms with Gasteiger partial charge in [0.1, 0.15) is 0 Å². The number of hydrogen-bond donors (Lipinski definition) is 1. The smallest absolute Gasteiger partial charge is 0.0849 e. The average molecular weight is 1710 g/mol. The predicted octanol–water partition coefficient (Wildman–Crippen LogP) is 27.8. The van der Waals surface area contributed by atoms with E-state index in [1.807, 2.05) is 0 Å². The maximum Gasteiger partial charge on any atom is 0.0849 e. The van der Waals surface area contributed by atoms with Crippen molar-refractivity contribution in [2.24, 2.45) is 27.6 Å². The molecule has 5 aromatic rings. The van der Waals surface area contributed by atoms with Crippen LogP contribution in [0, 0.1) is 27.6 Å². The summed E-state index contributed by atoms with van der Waals surface area (Å²) in [5, 5.41) is 10.7. The molecule has 0 aliphatic rings. The summed E-state index contributed by atoms with van der Waals surface area (Å²) in [6, 6.07) is 55.0. The fraction of sp³-hybridized carbons (Fsp3) is 0.727. The van der Waals surface area contributed by atoms with Crippen LogP contribution in [0.15, 0.2) is 152 Å². The lowest BCUT2D eigenvalue weighted by Gasteiger charge is -2.55. The Morgan fingerprint density at radius 1 is 0.260 bits per heavy atom. The van der Waals surface area contributed by atoms with Crippen LogP contribution in [-0.4, -0.2) is 159 Å². The highest BCUT2D eigenvalue weighted by Gasteiger charge is 2.51. The van der Waals surface area contributed by atoms with Gasteiger partial charge < -0.3 is 47.7 Å². The molecule has 0 saturated carbocycles. The van der Waals surface area contributed by atoms with Gasteiger partial charge in [-0.3, -0.25) is 14.7 Å². The van der Waals surface area contributed by atoms with Gasteiger partial charge in [0.25, 0.3) is 0 Å². The number of nitrogens with zero attached hydrogens (tertiary/aromatic N) is 3. The molecule has 5 aromatic carbocycles. The zero-order valence-corrected chi connectivity index (χ0v) is 85.6. The van der Waals surface area contributed by atoms with Crippen LogP contribution in [0.25, 0.3) is 0 Å². The van der Waals surface area contributed by atoms with E-state index in [1.165, 1.54) is 0 Å². The van der Waals surface area contributed by atoms with Crippen LogP contribution >= 0.6 is 0 Å². The lowest BCUT2D eigenvalue weighted by atomic mass is 9.74. The summed E-state index contributed by atoms with van der Waals surface area (Å²) in [5.74, 6) is 0.194. The number of ether oxygens (including phenoxy) is 9. The van der Waals surface area contributed by atoms with Crippen LogP contribution in [0.3, 0.4) is 0 Å². The van der Waals surface area contributed by atoms with Gasteiger partial charge in [-0.25, -0.2) is 0 Å². The first-order valence-corrected chi connectivity index (χ1v) is 47.6. The molecular weight excluding hydrogens is 1520 g/mol. The van der Waals surface area contributed by atoms with Crippen molar-refractivity contribution in [3.05, 3.63) is 179 Å². The van der Waals surface area contributed by atoms with E-state index in [2.05, 4.69) is 423 Å². The van der Waals surface area contributed by atoms with E-state index in [4.69, 9.17) is 42.6 Å². The minimum absolute atomic E-state index is 0.0688. The van der Waals surface area contributed by atoms with E-state index in [1.54, 1.807) is 0 Å². The number of aliphatic hydroxyl groups excluding tert-OH is 1. The van der Waals surface area contributed by atoms with Crippen molar-refractivity contribution in [3.8, 4) is 0 Å². The van der Waals surface area contributed by atoms with Crippen molar-refractivity contribution in [1.82, 2.24) is 14.7 Å². The molecular formula is C110H185N3O10. The van der Waals surface area contributed by atoms with Crippen LogP contribution in [0.4, 0.5) is 0 Å². The molecule has 700 valence electrons. The van der Waals surface area contributed by atoms with Gasteiger partial charge in [0.05, 0.1) is 82.9 Å². The fourth-order valence-corrected chi connectivity index (χ4v) is 17.8. The summed E-state index contributed by atoms with van der Waals surface area (Å²) in [6.45, 7) is 90.9. The van der Waals surface area contributed by atoms with Gasteiger partial charge in [-0.1, -0.05) is 214 Å². The molecule has 0 amide bonds. The van der Waals surface area contributed by atoms with E-state index in [-0.39, 0.29) is 89.1 Å². The molecule has 0 aliphatic carbocycles. The lowest BCUT2D eigenvalue weighted by Crippen LogP contribution is -2.62. The Kier molecular flexibility index (Phi) is 40.7. The minimum atomic E-state index is -0.637. The zero-order chi connectivity index (χ0) is 92.9. The highest BCUT2D eigenvalue weighted by atomic mass is 16.5. The Bertz CT molecular complexity index is 3750. The largest absolute Gasteiger partial charge is 0.396 e. The molecule has 0 spiro atoms. The number of hydrogen-bond acceptors (Lipinski definition) is 13. The molecule has 0 saturated heterocycles. The third kappa shape index (κ3) is 32.9. The first-order valence-electron chi connectivity index (χ1n) is 47.6. The molecule has 1 N–H and O–H groups in total. The summed E-state index contributed by atoms with van der Waals surface area (Å²) in [6.07, 6.45) is 6.46. The molecule has 5 rings (SSSR count). The van der Waals surface area contributed by atoms with Crippen LogP contribution in [0.5, 0.6) is 0 Å². The Balaban J connectivity index is 1.92. The van der Waals surface area contributed by atoms with Crippen molar-refractivity contribution < 1.29 is 47.7 Å². The summed E-state index contributed by atoms with van der Waals surface area (Å²) in [5.41, 5.74) is -0.910. The molecule has 0 aliphatic heterocycles. The summed E-state index contributed by atoms with van der Waals surface area (Å²) in [4.78, 5) is 8.57. The molecule has 0 bridgehead atoms. The Morgan fingerprint density at radius 3 is 0.699 bits per heavy atom. The van der Waals surface area contributed by atoms with Crippen molar-refractivity contribution in [2.45, 2.75) is 431 Å². The molecule has 0 fully saturated rings. The molecule has 0 radical (unpaired) electrons. The van der Waals surface area contributed by atoms with E-state index in [9.17, 15) is 5.11 Å². The SMILES string of the molecule is CC(C)OCCC(C)C(C)(C)OC(CC(C)(C)N(CCN(CCN(C(C)(C)CC(OC(C)(C)C(C)(C)CCO)c1ccccc1)C(C)(C)CC(OC(C)(C)C(C)(C)CCOC(C)C)c1ccccc1)C(C)(C)CC(OC(C)(C)C(C)(C)CCOC(C)C)c1ccccc1)C(C)(C)CC(OC(C)(C)C(C)(C)CCOC(C)C)c1ccccc1)c1ccccc1. The van der Waals surface area contributed by atoms with Crippen LogP contribution < -0.4 is 0 Å². The number of benzene rings is 5. The van der Waals surface area contributed by atoms with Gasteiger partial charge in [0.2, 0.25) is 0 Å². The zero-order valence-electron chi connectivity index (χ0n) is 85.6. The first kappa shape index (κ1) is 109. The maximum absolute atomic E-state index is 10.7. The fourth-order valence-electron chi connectivity index (χ4n) is 17.8. The lowest BCUT2D eigenvalue weighted by molar-refractivity contribution is -0.169. The van der Waals surface area contributed by atoms with Gasteiger partial charge in [0, 0.05) is 86.9 Å². The van der Waals surface area contributed by atoms with Crippen molar-refractivity contribution in [3.63, 3.8) is 0 Å². The van der Waals surface area contributed by atoms with Crippen molar-refractivity contribution in [1.29, 1.82) is 0 Å². The summed E-state index contributed by atoms with van der Waals surface area (Å²) < 4.78 is 64.3. The second-order valence-corrected chi connectivity index (χ2v) is 45.7. The quantitative estimate of drug-likeness (QED) is 0.0399. The molecule has 13 heteroatoms. The van der Waals surface area contributed by atoms with Crippen LogP contribution in [0.2, 0.25) is 0 Å². The monoisotopic (exact) mass is 1710 g/mol. The molecule has 13 nitrogen and oxygen atoms in total. The standard InChI is InChI=1S/C110H185N3O10/c1-82(2)115-73-63-86(9)106(28,29)119-92(87-53-43-38-44-54-87)78-102(20,21)112(103(22,23)80-95(90-59-49-41-50-60-90)122-109(34,35)99(14,15)66-75-117-84(5)6)70-68-111(101(18,19)77-93(88-55-45-39-46-56-88)120-108(32,33)98(12,13)65-74-116-83(3)4)69-71-113(104(24,25)79-94(89-57-47-40-48-58-89)121-107(30,31)97(10,11)64-72-114)105(26,27)81-96(91-61-51-42-52-62-91)123-110(36,37)100(16,17)67-76-118-85(7)8/h38-62,82-86,92-96,114H,63-81H2,1-37H3. The van der Waals surface area contributed by atoms with E-state index in [0.29, 0.717) is 91.1 Å². The molecule has 6 unspecified atom stereocenters. The van der Waals surface area contributed by atoms with Gasteiger partial charge >= 0.3 is 0 Å². The number of aliphatic hydroxyl groups is 1. The van der Waals surface area contributed by atoms with Crippen molar-refractivity contribution in [2.75, 3.05) is 59.2 Å². The summed E-state index contributed by atoms with van der Waals surface area (Å²) in [7, 11) is 0. The topological polar surface area (TPSA) is 113 Å². The Hall–Kier alpha value is -4.42. The third-order valence-corrected chi connectivity index (χ3v) is 29.4. The maximum atomic E-state index is 10.7. The molecule has 0 aromatic heterocycles. The van der Waals surface area contributed by atoms with Crippen molar-refractivity contribution >= 4 is 0 Å². The van der Waals surface area contributed by atoms with Crippen LogP contribution in [0.1, 0.15) is 379 Å². The second kappa shape index (κ2) is 45.9. The highest BCUT2D eigenvalue weighted by Crippen LogP contribution is 2.51. The minimum Gasteiger partial charge on any atom is -0.396 e. The number of rotatable bonds is 59.